The Morgan fingerprint density at radius 3 is 2.54 bits per heavy atom. The third-order valence-electron chi connectivity index (χ3n) is 3.45. The van der Waals surface area contributed by atoms with E-state index in [1.54, 1.807) is 24.3 Å². The molecule has 0 unspecified atom stereocenters. The lowest BCUT2D eigenvalue weighted by molar-refractivity contribution is -0.147. The van der Waals surface area contributed by atoms with E-state index in [-0.39, 0.29) is 24.3 Å². The Morgan fingerprint density at radius 2 is 1.86 bits per heavy atom. The second-order valence-electron chi connectivity index (χ2n) is 5.49. The quantitative estimate of drug-likeness (QED) is 0.644. The summed E-state index contributed by atoms with van der Waals surface area (Å²) in [4.78, 5) is 23.7. The molecule has 0 aliphatic carbocycles. The SMILES string of the molecule is CCOc1ccccc1OCCC(=O)OCC(=O)Nc1cc(Cl)ccc1C#N. The summed E-state index contributed by atoms with van der Waals surface area (Å²) in [5, 5.41) is 11.9. The number of nitriles is 1. The minimum absolute atomic E-state index is 0.0334. The normalized spacial score (nSPS) is 9.89. The molecule has 1 N–H and O–H groups in total. The van der Waals surface area contributed by atoms with Crippen molar-refractivity contribution in [3.8, 4) is 17.6 Å². The van der Waals surface area contributed by atoms with E-state index in [0.717, 1.165) is 0 Å². The van der Waals surface area contributed by atoms with E-state index >= 15 is 0 Å². The van der Waals surface area contributed by atoms with Crippen molar-refractivity contribution in [2.75, 3.05) is 25.1 Å². The lowest BCUT2D eigenvalue weighted by atomic mass is 10.2. The molecule has 2 aromatic rings. The largest absolute Gasteiger partial charge is 0.490 e. The van der Waals surface area contributed by atoms with E-state index in [1.165, 1.54) is 12.1 Å². The molecule has 146 valence electrons. The van der Waals surface area contributed by atoms with Gasteiger partial charge in [-0.05, 0) is 37.3 Å². The van der Waals surface area contributed by atoms with Gasteiger partial charge >= 0.3 is 5.97 Å². The van der Waals surface area contributed by atoms with E-state index in [2.05, 4.69) is 5.32 Å². The highest BCUT2D eigenvalue weighted by molar-refractivity contribution is 6.31. The van der Waals surface area contributed by atoms with E-state index in [1.807, 2.05) is 19.1 Å². The summed E-state index contributed by atoms with van der Waals surface area (Å²) >= 11 is 5.85. The first-order valence-electron chi connectivity index (χ1n) is 8.53. The molecule has 1 amide bonds. The van der Waals surface area contributed by atoms with Crippen LogP contribution in [0.15, 0.2) is 42.5 Å². The maximum atomic E-state index is 11.9. The van der Waals surface area contributed by atoms with Gasteiger partial charge in [-0.3, -0.25) is 9.59 Å². The molecule has 7 nitrogen and oxygen atoms in total. The molecule has 0 radical (unpaired) electrons. The zero-order chi connectivity index (χ0) is 20.4. The number of nitrogens with zero attached hydrogens (tertiary/aromatic N) is 1. The summed E-state index contributed by atoms with van der Waals surface area (Å²) in [5.74, 6) is -0.0437. The minimum atomic E-state index is -0.587. The van der Waals surface area contributed by atoms with Gasteiger partial charge in [0.15, 0.2) is 18.1 Å². The molecule has 0 aromatic heterocycles. The fourth-order valence-corrected chi connectivity index (χ4v) is 2.38. The molecular weight excluding hydrogens is 384 g/mol. The van der Waals surface area contributed by atoms with E-state index in [4.69, 9.17) is 31.1 Å². The molecule has 2 aromatic carbocycles. The summed E-state index contributed by atoms with van der Waals surface area (Å²) in [5.41, 5.74) is 0.511. The number of esters is 1. The van der Waals surface area contributed by atoms with Crippen molar-refractivity contribution < 1.29 is 23.8 Å². The minimum Gasteiger partial charge on any atom is -0.490 e. The average molecular weight is 403 g/mol. The zero-order valence-corrected chi connectivity index (χ0v) is 16.0. The highest BCUT2D eigenvalue weighted by Crippen LogP contribution is 2.26. The van der Waals surface area contributed by atoms with Crippen LogP contribution in [0.25, 0.3) is 0 Å². The third kappa shape index (κ3) is 6.49. The van der Waals surface area contributed by atoms with Gasteiger partial charge in [-0.25, -0.2) is 0 Å². The monoisotopic (exact) mass is 402 g/mol. The molecule has 0 atom stereocenters. The highest BCUT2D eigenvalue weighted by Gasteiger charge is 2.11. The predicted molar refractivity (Wildman–Crippen MR) is 103 cm³/mol. The molecule has 8 heteroatoms. The summed E-state index contributed by atoms with van der Waals surface area (Å²) in [6.45, 7) is 1.96. The van der Waals surface area contributed by atoms with Crippen LogP contribution in [-0.4, -0.2) is 31.7 Å². The first-order chi connectivity index (χ1) is 13.5. The fourth-order valence-electron chi connectivity index (χ4n) is 2.21. The maximum Gasteiger partial charge on any atom is 0.309 e. The summed E-state index contributed by atoms with van der Waals surface area (Å²) in [6.07, 6.45) is -0.0334. The molecule has 0 fully saturated rings. The van der Waals surface area contributed by atoms with Crippen molar-refractivity contribution in [2.45, 2.75) is 13.3 Å². The standard InChI is InChI=1S/C20H19ClN2O5/c1-2-26-17-5-3-4-6-18(17)27-10-9-20(25)28-13-19(24)23-16-11-15(21)8-7-14(16)12-22/h3-8,11H,2,9-10,13H2,1H3,(H,23,24). The Morgan fingerprint density at radius 1 is 1.14 bits per heavy atom. The number of carbonyl (C=O) groups is 2. The number of anilines is 1. The highest BCUT2D eigenvalue weighted by atomic mass is 35.5. The van der Waals surface area contributed by atoms with Crippen LogP contribution in [0.2, 0.25) is 5.02 Å². The number of hydrogen-bond donors (Lipinski definition) is 1. The van der Waals surface area contributed by atoms with Crippen molar-refractivity contribution in [1.29, 1.82) is 5.26 Å². The smallest absolute Gasteiger partial charge is 0.309 e. The topological polar surface area (TPSA) is 97.7 Å². The van der Waals surface area contributed by atoms with Gasteiger partial charge in [0, 0.05) is 5.02 Å². The molecule has 0 saturated heterocycles. The van der Waals surface area contributed by atoms with Crippen LogP contribution < -0.4 is 14.8 Å². The van der Waals surface area contributed by atoms with Gasteiger partial charge < -0.3 is 19.5 Å². The van der Waals surface area contributed by atoms with Crippen LogP contribution in [0.5, 0.6) is 11.5 Å². The van der Waals surface area contributed by atoms with Gasteiger partial charge in [-0.2, -0.15) is 5.26 Å². The Balaban J connectivity index is 1.76. The van der Waals surface area contributed by atoms with Crippen LogP contribution in [0.1, 0.15) is 18.9 Å². The van der Waals surface area contributed by atoms with Gasteiger partial charge in [-0.15, -0.1) is 0 Å². The molecule has 0 heterocycles. The number of ether oxygens (including phenoxy) is 3. The Labute approximate surface area is 167 Å². The van der Waals surface area contributed by atoms with Crippen LogP contribution in [0.3, 0.4) is 0 Å². The molecule has 0 bridgehead atoms. The number of amides is 1. The van der Waals surface area contributed by atoms with Gasteiger partial charge in [0.25, 0.3) is 5.91 Å². The summed E-state index contributed by atoms with van der Waals surface area (Å²) in [6, 6.07) is 13.5. The fraction of sp³-hybridized carbons (Fsp3) is 0.250. The number of nitrogens with one attached hydrogen (secondary N) is 1. The number of rotatable bonds is 9. The number of benzene rings is 2. The summed E-state index contributed by atoms with van der Waals surface area (Å²) in [7, 11) is 0. The average Bonchev–Trinajstić information content (AvgIpc) is 2.68. The van der Waals surface area contributed by atoms with Crippen molar-refractivity contribution in [1.82, 2.24) is 0 Å². The van der Waals surface area contributed by atoms with E-state index < -0.39 is 18.5 Å². The van der Waals surface area contributed by atoms with Gasteiger partial charge in [0.1, 0.15) is 6.07 Å². The third-order valence-corrected chi connectivity index (χ3v) is 3.69. The van der Waals surface area contributed by atoms with Gasteiger partial charge in [0.05, 0.1) is 30.9 Å². The number of carbonyl (C=O) groups excluding carboxylic acids is 2. The number of halogens is 1. The molecule has 2 rings (SSSR count). The van der Waals surface area contributed by atoms with Crippen LogP contribution in [-0.2, 0) is 14.3 Å². The first-order valence-corrected chi connectivity index (χ1v) is 8.91. The van der Waals surface area contributed by atoms with Crippen LogP contribution in [0.4, 0.5) is 5.69 Å². The lowest BCUT2D eigenvalue weighted by Gasteiger charge is -2.11. The van der Waals surface area contributed by atoms with Gasteiger partial charge in [0.2, 0.25) is 0 Å². The Kier molecular flexibility index (Phi) is 8.12. The van der Waals surface area contributed by atoms with Crippen molar-refractivity contribution in [2.24, 2.45) is 0 Å². The van der Waals surface area contributed by atoms with Crippen molar-refractivity contribution in [3.05, 3.63) is 53.1 Å². The van der Waals surface area contributed by atoms with E-state index in [9.17, 15) is 9.59 Å². The zero-order valence-electron chi connectivity index (χ0n) is 15.2. The molecule has 0 saturated carbocycles. The summed E-state index contributed by atoms with van der Waals surface area (Å²) < 4.78 is 15.9. The molecule has 0 spiro atoms. The van der Waals surface area contributed by atoms with Crippen molar-refractivity contribution in [3.63, 3.8) is 0 Å². The molecule has 0 aliphatic heterocycles. The maximum absolute atomic E-state index is 11.9. The molecule has 0 aliphatic rings. The van der Waals surface area contributed by atoms with Crippen LogP contribution in [0, 0.1) is 11.3 Å². The second-order valence-corrected chi connectivity index (χ2v) is 5.93. The van der Waals surface area contributed by atoms with Crippen LogP contribution >= 0.6 is 11.6 Å². The Bertz CT molecular complexity index is 879. The van der Waals surface area contributed by atoms with E-state index in [0.29, 0.717) is 23.1 Å². The van der Waals surface area contributed by atoms with Gasteiger partial charge in [-0.1, -0.05) is 23.7 Å². The predicted octanol–water partition coefficient (Wildman–Crippen LogP) is 3.56. The molecular formula is C20H19ClN2O5. The Hall–Kier alpha value is -3.24. The molecule has 28 heavy (non-hydrogen) atoms. The van der Waals surface area contributed by atoms with Crippen molar-refractivity contribution >= 4 is 29.2 Å². The second kappa shape index (κ2) is 10.8. The number of para-hydroxylation sites is 2. The first kappa shape index (κ1) is 21.1. The number of hydrogen-bond acceptors (Lipinski definition) is 6. The lowest BCUT2D eigenvalue weighted by Crippen LogP contribution is -2.22.